The number of ether oxygens (including phenoxy) is 2. The number of nitrogens with zero attached hydrogens (tertiary/aromatic N) is 3. The van der Waals surface area contributed by atoms with Gasteiger partial charge < -0.3 is 19.7 Å². The lowest BCUT2D eigenvalue weighted by Crippen LogP contribution is -2.64. The molecule has 0 bridgehead atoms. The van der Waals surface area contributed by atoms with Gasteiger partial charge in [0.1, 0.15) is 17.2 Å². The first-order chi connectivity index (χ1) is 16.7. The molecular formula is C23H33N7O5S. The third kappa shape index (κ3) is 7.44. The van der Waals surface area contributed by atoms with Crippen LogP contribution in [0.5, 0.6) is 0 Å². The first-order valence-corrected chi connectivity index (χ1v) is 11.9. The van der Waals surface area contributed by atoms with E-state index in [2.05, 4.69) is 26.4 Å². The predicted molar refractivity (Wildman–Crippen MR) is 138 cm³/mol. The number of anilines is 1. The van der Waals surface area contributed by atoms with Crippen LogP contribution in [0.3, 0.4) is 0 Å². The second-order valence-corrected chi connectivity index (χ2v) is 10.8. The van der Waals surface area contributed by atoms with Crippen LogP contribution >= 0.6 is 12.2 Å². The second-order valence-electron chi connectivity index (χ2n) is 10.4. The molecule has 1 aliphatic heterocycles. The molecule has 1 aromatic heterocycles. The topological polar surface area (TPSA) is 141 Å². The van der Waals surface area contributed by atoms with Crippen LogP contribution in [-0.2, 0) is 14.3 Å². The molecule has 36 heavy (non-hydrogen) atoms. The molecule has 0 saturated carbocycles. The highest BCUT2D eigenvalue weighted by Gasteiger charge is 2.40. The lowest BCUT2D eigenvalue weighted by molar-refractivity contribution is -0.129. The minimum Gasteiger partial charge on any atom is -0.444 e. The number of hydrogen-bond acceptors (Lipinski definition) is 7. The number of piperazine rings is 1. The van der Waals surface area contributed by atoms with Gasteiger partial charge in [-0.1, -0.05) is 0 Å². The summed E-state index contributed by atoms with van der Waals surface area (Å²) in [4.78, 5) is 41.3. The normalized spacial score (nSPS) is 16.3. The summed E-state index contributed by atoms with van der Waals surface area (Å²) in [5.74, 6) is -0.566. The maximum Gasteiger partial charge on any atom is 0.411 e. The Labute approximate surface area is 215 Å². The lowest BCUT2D eigenvalue weighted by Gasteiger charge is -2.40. The molecule has 1 saturated heterocycles. The van der Waals surface area contributed by atoms with Gasteiger partial charge in [0.15, 0.2) is 5.11 Å². The number of aromatic nitrogens is 2. The molecule has 0 aliphatic carbocycles. The van der Waals surface area contributed by atoms with Gasteiger partial charge in [0.2, 0.25) is 0 Å². The molecule has 1 unspecified atom stereocenters. The number of fused-ring (bicyclic) bond motifs is 1. The second kappa shape index (κ2) is 10.6. The zero-order valence-corrected chi connectivity index (χ0v) is 22.1. The number of aromatic amines is 1. The molecule has 1 atom stereocenters. The Hall–Kier alpha value is -3.61. The van der Waals surface area contributed by atoms with Gasteiger partial charge in [0, 0.05) is 24.2 Å². The number of hydrazine groups is 1. The highest BCUT2D eigenvalue weighted by molar-refractivity contribution is 7.80. The van der Waals surface area contributed by atoms with Gasteiger partial charge >= 0.3 is 12.2 Å². The van der Waals surface area contributed by atoms with E-state index in [1.165, 1.54) is 9.80 Å². The van der Waals surface area contributed by atoms with Gasteiger partial charge in [0.05, 0.1) is 18.3 Å². The van der Waals surface area contributed by atoms with Crippen molar-refractivity contribution in [3.8, 4) is 0 Å². The molecule has 0 spiro atoms. The van der Waals surface area contributed by atoms with Gasteiger partial charge in [-0.05, 0) is 72.0 Å². The van der Waals surface area contributed by atoms with Gasteiger partial charge in [-0.15, -0.1) is 0 Å². The first kappa shape index (κ1) is 27.0. The molecule has 1 aromatic carbocycles. The highest BCUT2D eigenvalue weighted by Crippen LogP contribution is 2.19. The van der Waals surface area contributed by atoms with Crippen molar-refractivity contribution in [2.45, 2.75) is 58.8 Å². The maximum atomic E-state index is 13.1. The van der Waals surface area contributed by atoms with Crippen molar-refractivity contribution >= 4 is 52.0 Å². The Morgan fingerprint density at radius 3 is 2.36 bits per heavy atom. The van der Waals surface area contributed by atoms with Crippen LogP contribution < -0.4 is 16.2 Å². The van der Waals surface area contributed by atoms with Crippen molar-refractivity contribution in [1.82, 2.24) is 30.8 Å². The Bertz CT molecular complexity index is 1140. The quantitative estimate of drug-likeness (QED) is 0.348. The number of carbonyl (C=O) groups excluding carboxylic acids is 3. The van der Waals surface area contributed by atoms with E-state index in [0.29, 0.717) is 5.69 Å². The van der Waals surface area contributed by atoms with Crippen molar-refractivity contribution in [3.05, 3.63) is 24.4 Å². The number of amides is 3. The number of hydrogen-bond donors (Lipinski definition) is 4. The van der Waals surface area contributed by atoms with E-state index in [-0.39, 0.29) is 24.7 Å². The van der Waals surface area contributed by atoms with Crippen LogP contribution in [0.1, 0.15) is 41.5 Å². The predicted octanol–water partition coefficient (Wildman–Crippen LogP) is 2.74. The van der Waals surface area contributed by atoms with Crippen LogP contribution in [0, 0.1) is 0 Å². The summed E-state index contributed by atoms with van der Waals surface area (Å²) in [6.07, 6.45) is 0.466. The Kier molecular flexibility index (Phi) is 7.92. The number of nitrogens with one attached hydrogen (secondary N) is 4. The van der Waals surface area contributed by atoms with Gasteiger partial charge in [-0.25, -0.2) is 9.59 Å². The van der Waals surface area contributed by atoms with Crippen LogP contribution in [0.4, 0.5) is 15.3 Å². The molecule has 4 N–H and O–H groups in total. The van der Waals surface area contributed by atoms with E-state index < -0.39 is 35.3 Å². The molecule has 196 valence electrons. The zero-order chi connectivity index (χ0) is 26.7. The zero-order valence-electron chi connectivity index (χ0n) is 21.3. The average Bonchev–Trinajstić information content (AvgIpc) is 3.22. The summed E-state index contributed by atoms with van der Waals surface area (Å²) in [7, 11) is 0. The van der Waals surface area contributed by atoms with Gasteiger partial charge in [-0.3, -0.25) is 25.6 Å². The van der Waals surface area contributed by atoms with Gasteiger partial charge in [-0.2, -0.15) is 5.10 Å². The number of H-pyrrole nitrogens is 1. The summed E-state index contributed by atoms with van der Waals surface area (Å²) in [6.45, 7) is 10.7. The standard InChI is InChI=1S/C23H33N7O5S/c1-22(2,3)34-20(32)29-9-10-30(21(33)35-23(4,5)6)17(13-29)18(31)27-28-19(36)25-15-7-8-16-14(11-15)12-24-26-16/h7-8,11-12,17H,9-10,13H2,1-6H3,(H,24,26)(H,27,31)(H2,25,28,36). The molecule has 2 aromatic rings. The van der Waals surface area contributed by atoms with E-state index in [1.807, 2.05) is 12.1 Å². The van der Waals surface area contributed by atoms with E-state index in [4.69, 9.17) is 21.7 Å². The molecule has 12 nitrogen and oxygen atoms in total. The molecule has 0 radical (unpaired) electrons. The number of rotatable bonds is 2. The molecule has 3 rings (SSSR count). The van der Waals surface area contributed by atoms with Gasteiger partial charge in [0.25, 0.3) is 5.91 Å². The minimum atomic E-state index is -1.03. The Morgan fingerprint density at radius 2 is 1.69 bits per heavy atom. The van der Waals surface area contributed by atoms with Crippen molar-refractivity contribution in [1.29, 1.82) is 0 Å². The smallest absolute Gasteiger partial charge is 0.411 e. The fourth-order valence-electron chi connectivity index (χ4n) is 3.42. The van der Waals surface area contributed by atoms with Crippen molar-refractivity contribution in [2.75, 3.05) is 25.0 Å². The van der Waals surface area contributed by atoms with Crippen molar-refractivity contribution in [2.24, 2.45) is 0 Å². The molecule has 13 heteroatoms. The Morgan fingerprint density at radius 1 is 1.03 bits per heavy atom. The fourth-order valence-corrected chi connectivity index (χ4v) is 3.59. The molecular weight excluding hydrogens is 486 g/mol. The molecule has 3 amide bonds. The fraction of sp³-hybridized carbons (Fsp3) is 0.522. The van der Waals surface area contributed by atoms with E-state index in [9.17, 15) is 14.4 Å². The molecule has 1 aliphatic rings. The molecule has 1 fully saturated rings. The van der Waals surface area contributed by atoms with Crippen LogP contribution in [0.2, 0.25) is 0 Å². The Balaban J connectivity index is 1.66. The largest absolute Gasteiger partial charge is 0.444 e. The van der Waals surface area contributed by atoms with E-state index in [0.717, 1.165) is 10.9 Å². The lowest BCUT2D eigenvalue weighted by atomic mass is 10.1. The van der Waals surface area contributed by atoms with E-state index in [1.54, 1.807) is 53.8 Å². The number of carbonyl (C=O) groups is 3. The highest BCUT2D eigenvalue weighted by atomic mass is 32.1. The van der Waals surface area contributed by atoms with E-state index >= 15 is 0 Å². The third-order valence-corrected chi connectivity index (χ3v) is 5.16. The summed E-state index contributed by atoms with van der Waals surface area (Å²) in [6, 6.07) is 4.47. The monoisotopic (exact) mass is 519 g/mol. The summed E-state index contributed by atoms with van der Waals surface area (Å²) < 4.78 is 10.9. The SMILES string of the molecule is CC(C)(C)OC(=O)N1CCN(C(=O)OC(C)(C)C)C(C(=O)NNC(=S)Nc2ccc3[nH]ncc3c2)C1. The third-order valence-electron chi connectivity index (χ3n) is 4.96. The molecule has 2 heterocycles. The number of benzene rings is 1. The van der Waals surface area contributed by atoms with Crippen molar-refractivity contribution < 1.29 is 23.9 Å². The first-order valence-electron chi connectivity index (χ1n) is 11.5. The maximum absolute atomic E-state index is 13.1. The summed E-state index contributed by atoms with van der Waals surface area (Å²) in [5, 5.41) is 10.8. The minimum absolute atomic E-state index is 0.0704. The average molecular weight is 520 g/mol. The summed E-state index contributed by atoms with van der Waals surface area (Å²) >= 11 is 5.28. The van der Waals surface area contributed by atoms with Crippen LogP contribution in [0.25, 0.3) is 10.9 Å². The number of thiocarbonyl (C=S) groups is 1. The summed E-state index contributed by atoms with van der Waals surface area (Å²) in [5.41, 5.74) is 5.29. The van der Waals surface area contributed by atoms with Crippen LogP contribution in [-0.4, -0.2) is 80.1 Å². The van der Waals surface area contributed by atoms with Crippen molar-refractivity contribution in [3.63, 3.8) is 0 Å². The van der Waals surface area contributed by atoms with Crippen LogP contribution in [0.15, 0.2) is 24.4 Å².